The third-order valence-electron chi connectivity index (χ3n) is 4.94. The van der Waals surface area contributed by atoms with Crippen LogP contribution in [-0.2, 0) is 17.7 Å². The molecule has 0 spiro atoms. The predicted molar refractivity (Wildman–Crippen MR) is 103 cm³/mol. The number of carbonyl (C=O) groups excluding carboxylic acids is 2. The average Bonchev–Trinajstić information content (AvgIpc) is 3.10. The molecule has 6 nitrogen and oxygen atoms in total. The monoisotopic (exact) mass is 405 g/mol. The number of aromatic nitrogens is 1. The van der Waals surface area contributed by atoms with Crippen molar-refractivity contribution in [1.82, 2.24) is 9.88 Å². The number of aryl methyl sites for hydroxylation is 1. The Morgan fingerprint density at radius 2 is 2.04 bits per heavy atom. The topological polar surface area (TPSA) is 62.7 Å². The third-order valence-corrected chi connectivity index (χ3v) is 5.90. The molecule has 2 amide bonds. The number of benzene rings is 1. The number of hydrogen-bond acceptors (Lipinski definition) is 4. The van der Waals surface area contributed by atoms with Gasteiger partial charge in [-0.25, -0.2) is 4.79 Å². The first-order valence-corrected chi connectivity index (χ1v) is 9.38. The maximum atomic E-state index is 12.9. The Labute approximate surface area is 166 Å². The summed E-state index contributed by atoms with van der Waals surface area (Å²) in [6.07, 6.45) is 1.79. The second kappa shape index (κ2) is 7.02. The first-order valence-electron chi connectivity index (χ1n) is 8.62. The molecule has 3 heterocycles. The Bertz CT molecular complexity index is 948. The maximum Gasteiger partial charge on any atom is 0.414 e. The summed E-state index contributed by atoms with van der Waals surface area (Å²) in [5.74, 6) is -0.203. The molecule has 27 heavy (non-hydrogen) atoms. The lowest BCUT2D eigenvalue weighted by Crippen LogP contribution is -2.37. The summed E-state index contributed by atoms with van der Waals surface area (Å²) in [6, 6.07) is 5.79. The highest BCUT2D eigenvalue weighted by Gasteiger charge is 2.30. The van der Waals surface area contributed by atoms with Gasteiger partial charge < -0.3 is 9.64 Å². The van der Waals surface area contributed by atoms with Crippen LogP contribution in [0.4, 0.5) is 10.5 Å². The number of amides is 2. The van der Waals surface area contributed by atoms with Crippen molar-refractivity contribution in [3.05, 3.63) is 56.8 Å². The molecule has 0 atom stereocenters. The van der Waals surface area contributed by atoms with E-state index in [0.29, 0.717) is 48.9 Å². The van der Waals surface area contributed by atoms with Gasteiger partial charge in [0.15, 0.2) is 0 Å². The number of carbonyl (C=O) groups is 2. The first kappa shape index (κ1) is 18.1. The van der Waals surface area contributed by atoms with Gasteiger partial charge in [-0.2, -0.15) is 0 Å². The van der Waals surface area contributed by atoms with E-state index in [1.54, 1.807) is 16.7 Å². The van der Waals surface area contributed by atoms with Gasteiger partial charge in [-0.3, -0.25) is 14.7 Å². The molecular formula is C19H17Cl2N3O3. The normalized spacial score (nSPS) is 16.3. The molecular weight excluding hydrogens is 389 g/mol. The Hall–Kier alpha value is -2.31. The SMILES string of the molecule is Cc1ncc(C(=O)N2CCc3c(cccc3N3CCOC3=O)C2)c(Cl)c1Cl. The summed E-state index contributed by atoms with van der Waals surface area (Å²) in [5.41, 5.74) is 3.83. The van der Waals surface area contributed by atoms with Crippen LogP contribution in [0.15, 0.2) is 24.4 Å². The van der Waals surface area contributed by atoms with Crippen LogP contribution in [0.5, 0.6) is 0 Å². The third kappa shape index (κ3) is 3.13. The van der Waals surface area contributed by atoms with Crippen molar-refractivity contribution in [1.29, 1.82) is 0 Å². The molecule has 0 N–H and O–H groups in total. The zero-order chi connectivity index (χ0) is 19.1. The van der Waals surface area contributed by atoms with E-state index >= 15 is 0 Å². The maximum absolute atomic E-state index is 12.9. The number of halogens is 2. The van der Waals surface area contributed by atoms with Crippen LogP contribution in [0.2, 0.25) is 10.0 Å². The van der Waals surface area contributed by atoms with E-state index < -0.39 is 0 Å². The molecule has 1 saturated heterocycles. The molecule has 0 unspecified atom stereocenters. The number of cyclic esters (lactones) is 1. The van der Waals surface area contributed by atoms with Crippen molar-refractivity contribution in [2.75, 3.05) is 24.6 Å². The fraction of sp³-hybridized carbons (Fsp3) is 0.316. The van der Waals surface area contributed by atoms with Gasteiger partial charge >= 0.3 is 6.09 Å². The van der Waals surface area contributed by atoms with Gasteiger partial charge in [-0.1, -0.05) is 35.3 Å². The minimum absolute atomic E-state index is 0.203. The number of anilines is 1. The Morgan fingerprint density at radius 3 is 2.78 bits per heavy atom. The van der Waals surface area contributed by atoms with Crippen molar-refractivity contribution in [2.24, 2.45) is 0 Å². The van der Waals surface area contributed by atoms with Crippen molar-refractivity contribution in [3.63, 3.8) is 0 Å². The lowest BCUT2D eigenvalue weighted by Gasteiger charge is -2.31. The van der Waals surface area contributed by atoms with Gasteiger partial charge in [-0.15, -0.1) is 0 Å². The number of pyridine rings is 1. The summed E-state index contributed by atoms with van der Waals surface area (Å²) in [5, 5.41) is 0.531. The molecule has 0 aliphatic carbocycles. The second-order valence-corrected chi connectivity index (χ2v) is 7.30. The number of fused-ring (bicyclic) bond motifs is 1. The molecule has 2 aromatic rings. The van der Waals surface area contributed by atoms with E-state index in [0.717, 1.165) is 16.8 Å². The summed E-state index contributed by atoms with van der Waals surface area (Å²) >= 11 is 12.4. The Morgan fingerprint density at radius 1 is 1.22 bits per heavy atom. The summed E-state index contributed by atoms with van der Waals surface area (Å²) in [6.45, 7) is 3.64. The zero-order valence-electron chi connectivity index (χ0n) is 14.7. The fourth-order valence-electron chi connectivity index (χ4n) is 3.50. The molecule has 0 saturated carbocycles. The van der Waals surface area contributed by atoms with E-state index in [9.17, 15) is 9.59 Å². The minimum atomic E-state index is -0.325. The van der Waals surface area contributed by atoms with E-state index in [1.165, 1.54) is 6.20 Å². The second-order valence-electron chi connectivity index (χ2n) is 6.54. The van der Waals surface area contributed by atoms with Crippen LogP contribution in [0.1, 0.15) is 27.2 Å². The highest BCUT2D eigenvalue weighted by atomic mass is 35.5. The zero-order valence-corrected chi connectivity index (χ0v) is 16.2. The molecule has 0 bridgehead atoms. The van der Waals surface area contributed by atoms with Crippen LogP contribution in [0.3, 0.4) is 0 Å². The van der Waals surface area contributed by atoms with E-state index in [1.807, 2.05) is 18.2 Å². The summed E-state index contributed by atoms with van der Waals surface area (Å²) < 4.78 is 5.05. The highest BCUT2D eigenvalue weighted by Crippen LogP contribution is 2.33. The van der Waals surface area contributed by atoms with Gasteiger partial charge in [-0.05, 0) is 30.5 Å². The lowest BCUT2D eigenvalue weighted by atomic mass is 9.96. The molecule has 1 fully saturated rings. The molecule has 2 aliphatic rings. The number of ether oxygens (including phenoxy) is 1. The molecule has 1 aromatic heterocycles. The van der Waals surface area contributed by atoms with E-state index in [-0.39, 0.29) is 17.0 Å². The lowest BCUT2D eigenvalue weighted by molar-refractivity contribution is 0.0734. The molecule has 0 radical (unpaired) electrons. The first-order chi connectivity index (χ1) is 13.0. The van der Waals surface area contributed by atoms with Gasteiger partial charge in [0.05, 0.1) is 33.5 Å². The van der Waals surface area contributed by atoms with Gasteiger partial charge in [0, 0.05) is 19.3 Å². The summed E-state index contributed by atoms with van der Waals surface area (Å²) in [7, 11) is 0. The quantitative estimate of drug-likeness (QED) is 0.760. The van der Waals surface area contributed by atoms with Crippen LogP contribution in [-0.4, -0.2) is 41.6 Å². The number of nitrogens with zero attached hydrogens (tertiary/aromatic N) is 3. The summed E-state index contributed by atoms with van der Waals surface area (Å²) in [4.78, 5) is 32.4. The average molecular weight is 406 g/mol. The smallest absolute Gasteiger partial charge is 0.414 e. The van der Waals surface area contributed by atoms with Crippen molar-refractivity contribution < 1.29 is 14.3 Å². The number of rotatable bonds is 2. The molecule has 8 heteroatoms. The van der Waals surface area contributed by atoms with Crippen LogP contribution >= 0.6 is 23.2 Å². The van der Waals surface area contributed by atoms with Crippen LogP contribution in [0.25, 0.3) is 0 Å². The minimum Gasteiger partial charge on any atom is -0.447 e. The molecule has 2 aliphatic heterocycles. The van der Waals surface area contributed by atoms with Crippen molar-refractivity contribution in [2.45, 2.75) is 19.9 Å². The van der Waals surface area contributed by atoms with E-state index in [2.05, 4.69) is 4.98 Å². The van der Waals surface area contributed by atoms with Crippen LogP contribution in [0, 0.1) is 6.92 Å². The van der Waals surface area contributed by atoms with Crippen molar-refractivity contribution in [3.8, 4) is 0 Å². The highest BCUT2D eigenvalue weighted by molar-refractivity contribution is 6.44. The van der Waals surface area contributed by atoms with Gasteiger partial charge in [0.25, 0.3) is 5.91 Å². The van der Waals surface area contributed by atoms with Crippen molar-refractivity contribution >= 4 is 40.9 Å². The van der Waals surface area contributed by atoms with E-state index in [4.69, 9.17) is 27.9 Å². The molecule has 140 valence electrons. The molecule has 1 aromatic carbocycles. The Balaban J connectivity index is 1.62. The fourth-order valence-corrected chi connectivity index (χ4v) is 3.92. The molecule has 4 rings (SSSR count). The largest absolute Gasteiger partial charge is 0.447 e. The number of hydrogen-bond donors (Lipinski definition) is 0. The Kier molecular flexibility index (Phi) is 4.70. The standard InChI is InChI=1S/C19H17Cl2N3O3/c1-11-16(20)17(21)14(9-22-11)18(25)23-6-5-13-12(10-23)3-2-4-15(13)24-7-8-27-19(24)26/h2-4,9H,5-8,10H2,1H3. The van der Waals surface area contributed by atoms with Gasteiger partial charge in [0.2, 0.25) is 0 Å². The van der Waals surface area contributed by atoms with Gasteiger partial charge in [0.1, 0.15) is 6.61 Å². The predicted octanol–water partition coefficient (Wildman–Crippen LogP) is 3.85. The van der Waals surface area contributed by atoms with Crippen LogP contribution < -0.4 is 4.90 Å².